The first-order chi connectivity index (χ1) is 12.4. The van der Waals surface area contributed by atoms with Crippen molar-refractivity contribution in [2.24, 2.45) is 0 Å². The van der Waals surface area contributed by atoms with E-state index in [1.165, 1.54) is 26.2 Å². The Kier molecular flexibility index (Phi) is 7.57. The van der Waals surface area contributed by atoms with Crippen molar-refractivity contribution in [1.82, 2.24) is 10.6 Å². The fraction of sp³-hybridized carbons (Fsp3) is 0.579. The summed E-state index contributed by atoms with van der Waals surface area (Å²) in [5, 5.41) is 6.43. The Hall–Kier alpha value is -1.95. The van der Waals surface area contributed by atoms with E-state index in [0.717, 1.165) is 18.4 Å². The van der Waals surface area contributed by atoms with Crippen molar-refractivity contribution in [3.63, 3.8) is 0 Å². The maximum atomic E-state index is 12.1. The fourth-order valence-corrected chi connectivity index (χ4v) is 3.39. The van der Waals surface area contributed by atoms with Gasteiger partial charge < -0.3 is 20.3 Å². The standard InChI is InChI=1S/C19H28ClN3O3/c1-13-11-17(18(26-3)12-16(13)20)23(14(2)24)10-9-21-19(25)22-15-7-5-4-6-8-15/h11-12,15H,4-10H2,1-3H3,(H2,21,22,25). The van der Waals surface area contributed by atoms with Gasteiger partial charge in [0.1, 0.15) is 5.75 Å². The van der Waals surface area contributed by atoms with Crippen LogP contribution in [-0.4, -0.2) is 38.2 Å². The topological polar surface area (TPSA) is 70.7 Å². The number of rotatable bonds is 6. The minimum Gasteiger partial charge on any atom is -0.495 e. The summed E-state index contributed by atoms with van der Waals surface area (Å²) < 4.78 is 5.36. The Bertz CT molecular complexity index is 645. The molecule has 1 fully saturated rings. The van der Waals surface area contributed by atoms with Crippen LogP contribution in [0.2, 0.25) is 5.02 Å². The number of anilines is 1. The molecule has 0 radical (unpaired) electrons. The number of halogens is 1. The Labute approximate surface area is 160 Å². The zero-order valence-corrected chi connectivity index (χ0v) is 16.5. The number of aryl methyl sites for hydroxylation is 1. The zero-order valence-electron chi connectivity index (χ0n) is 15.7. The zero-order chi connectivity index (χ0) is 19.1. The van der Waals surface area contributed by atoms with E-state index in [9.17, 15) is 9.59 Å². The number of benzene rings is 1. The molecule has 6 nitrogen and oxygen atoms in total. The highest BCUT2D eigenvalue weighted by atomic mass is 35.5. The van der Waals surface area contributed by atoms with Gasteiger partial charge in [0.25, 0.3) is 0 Å². The highest BCUT2D eigenvalue weighted by Gasteiger charge is 2.19. The van der Waals surface area contributed by atoms with Crippen LogP contribution >= 0.6 is 11.6 Å². The van der Waals surface area contributed by atoms with Crippen molar-refractivity contribution in [2.75, 3.05) is 25.1 Å². The van der Waals surface area contributed by atoms with Crippen molar-refractivity contribution in [1.29, 1.82) is 0 Å². The van der Waals surface area contributed by atoms with Crippen molar-refractivity contribution in [3.8, 4) is 5.75 Å². The third-order valence-corrected chi connectivity index (χ3v) is 5.10. The number of nitrogens with one attached hydrogen (secondary N) is 2. The predicted octanol–water partition coefficient (Wildman–Crippen LogP) is 3.64. The number of carbonyl (C=O) groups excluding carboxylic acids is 2. The van der Waals surface area contributed by atoms with Gasteiger partial charge in [-0.1, -0.05) is 30.9 Å². The summed E-state index contributed by atoms with van der Waals surface area (Å²) >= 11 is 6.14. The number of ether oxygens (including phenoxy) is 1. The Morgan fingerprint density at radius 3 is 2.58 bits per heavy atom. The van der Waals surface area contributed by atoms with E-state index < -0.39 is 0 Å². The lowest BCUT2D eigenvalue weighted by Crippen LogP contribution is -2.45. The van der Waals surface area contributed by atoms with Gasteiger partial charge in [-0.3, -0.25) is 4.79 Å². The van der Waals surface area contributed by atoms with Gasteiger partial charge in [0.2, 0.25) is 5.91 Å². The number of hydrogen-bond donors (Lipinski definition) is 2. The molecular formula is C19H28ClN3O3. The van der Waals surface area contributed by atoms with Crippen molar-refractivity contribution >= 4 is 29.2 Å². The summed E-state index contributed by atoms with van der Waals surface area (Å²) in [4.78, 5) is 25.7. The monoisotopic (exact) mass is 381 g/mol. The Morgan fingerprint density at radius 1 is 1.27 bits per heavy atom. The molecule has 1 aromatic carbocycles. The number of hydrogen-bond acceptors (Lipinski definition) is 3. The highest BCUT2D eigenvalue weighted by Crippen LogP contribution is 2.33. The maximum absolute atomic E-state index is 12.1. The van der Waals surface area contributed by atoms with Gasteiger partial charge >= 0.3 is 6.03 Å². The maximum Gasteiger partial charge on any atom is 0.315 e. The molecule has 0 bridgehead atoms. The molecule has 0 unspecified atom stereocenters. The largest absolute Gasteiger partial charge is 0.495 e. The second-order valence-corrected chi connectivity index (χ2v) is 7.09. The van der Waals surface area contributed by atoms with Crippen molar-refractivity contribution in [3.05, 3.63) is 22.7 Å². The van der Waals surface area contributed by atoms with Crippen LogP contribution in [-0.2, 0) is 4.79 Å². The van der Waals surface area contributed by atoms with E-state index >= 15 is 0 Å². The van der Waals surface area contributed by atoms with Crippen LogP contribution in [0.3, 0.4) is 0 Å². The molecule has 2 N–H and O–H groups in total. The van der Waals surface area contributed by atoms with Gasteiger partial charge in [0, 0.05) is 37.1 Å². The van der Waals surface area contributed by atoms with Crippen LogP contribution in [0, 0.1) is 6.92 Å². The van der Waals surface area contributed by atoms with Gasteiger partial charge in [-0.2, -0.15) is 0 Å². The number of methoxy groups -OCH3 is 1. The summed E-state index contributed by atoms with van der Waals surface area (Å²) in [7, 11) is 1.54. The number of amides is 3. The highest BCUT2D eigenvalue weighted by molar-refractivity contribution is 6.31. The minimum absolute atomic E-state index is 0.125. The van der Waals surface area contributed by atoms with Crippen LogP contribution in [0.5, 0.6) is 5.75 Å². The van der Waals surface area contributed by atoms with Gasteiger partial charge in [0.15, 0.2) is 0 Å². The molecule has 26 heavy (non-hydrogen) atoms. The molecule has 0 aromatic heterocycles. The number of carbonyl (C=O) groups is 2. The summed E-state index contributed by atoms with van der Waals surface area (Å²) in [6.45, 7) is 4.07. The summed E-state index contributed by atoms with van der Waals surface area (Å²) in [5.41, 5.74) is 1.51. The Morgan fingerprint density at radius 2 is 1.96 bits per heavy atom. The smallest absolute Gasteiger partial charge is 0.315 e. The second kappa shape index (κ2) is 9.67. The molecule has 1 aliphatic rings. The fourth-order valence-electron chi connectivity index (χ4n) is 3.23. The lowest BCUT2D eigenvalue weighted by atomic mass is 9.96. The van der Waals surface area contributed by atoms with E-state index in [-0.39, 0.29) is 18.0 Å². The van der Waals surface area contributed by atoms with Crippen LogP contribution in [0.25, 0.3) is 0 Å². The average molecular weight is 382 g/mol. The molecule has 1 aliphatic carbocycles. The number of nitrogens with zero attached hydrogens (tertiary/aromatic N) is 1. The third-order valence-electron chi connectivity index (χ3n) is 4.69. The lowest BCUT2D eigenvalue weighted by molar-refractivity contribution is -0.116. The first-order valence-corrected chi connectivity index (χ1v) is 9.46. The first-order valence-electron chi connectivity index (χ1n) is 9.09. The predicted molar refractivity (Wildman–Crippen MR) is 104 cm³/mol. The van der Waals surface area contributed by atoms with Crippen LogP contribution in [0.15, 0.2) is 12.1 Å². The summed E-state index contributed by atoms with van der Waals surface area (Å²) in [6.07, 6.45) is 5.65. The van der Waals surface area contributed by atoms with E-state index in [2.05, 4.69) is 10.6 Å². The SMILES string of the molecule is COc1cc(Cl)c(C)cc1N(CCNC(=O)NC1CCCCC1)C(C)=O. The molecule has 1 aromatic rings. The molecule has 144 valence electrons. The molecule has 0 spiro atoms. The van der Waals surface area contributed by atoms with Gasteiger partial charge in [-0.05, 0) is 31.4 Å². The van der Waals surface area contributed by atoms with Gasteiger partial charge in [-0.25, -0.2) is 4.79 Å². The molecule has 1 saturated carbocycles. The van der Waals surface area contributed by atoms with Gasteiger partial charge in [-0.15, -0.1) is 0 Å². The molecule has 0 heterocycles. The molecule has 7 heteroatoms. The van der Waals surface area contributed by atoms with E-state index in [0.29, 0.717) is 29.5 Å². The molecular weight excluding hydrogens is 354 g/mol. The van der Waals surface area contributed by atoms with Crippen LogP contribution in [0.4, 0.5) is 10.5 Å². The first kappa shape index (κ1) is 20.4. The quantitative estimate of drug-likeness (QED) is 0.790. The minimum atomic E-state index is -0.181. The third kappa shape index (κ3) is 5.53. The molecule has 0 aliphatic heterocycles. The van der Waals surface area contributed by atoms with Crippen molar-refractivity contribution < 1.29 is 14.3 Å². The summed E-state index contributed by atoms with van der Waals surface area (Å²) in [6, 6.07) is 3.60. The normalized spacial score (nSPS) is 14.6. The van der Waals surface area contributed by atoms with Gasteiger partial charge in [0.05, 0.1) is 12.8 Å². The average Bonchev–Trinajstić information content (AvgIpc) is 2.61. The number of urea groups is 1. The molecule has 2 rings (SSSR count). The molecule has 0 saturated heterocycles. The second-order valence-electron chi connectivity index (χ2n) is 6.68. The summed E-state index contributed by atoms with van der Waals surface area (Å²) in [5.74, 6) is 0.405. The molecule has 3 amide bonds. The van der Waals surface area contributed by atoms with E-state index in [4.69, 9.17) is 16.3 Å². The van der Waals surface area contributed by atoms with Crippen molar-refractivity contribution in [2.45, 2.75) is 52.0 Å². The Balaban J connectivity index is 1.95. The van der Waals surface area contributed by atoms with E-state index in [1.807, 2.05) is 13.0 Å². The van der Waals surface area contributed by atoms with Crippen LogP contribution in [0.1, 0.15) is 44.6 Å². The lowest BCUT2D eigenvalue weighted by Gasteiger charge is -2.25. The van der Waals surface area contributed by atoms with Crippen LogP contribution < -0.4 is 20.3 Å². The molecule has 0 atom stereocenters. The van der Waals surface area contributed by atoms with E-state index in [1.54, 1.807) is 18.1 Å².